The summed E-state index contributed by atoms with van der Waals surface area (Å²) in [6.07, 6.45) is 1.23. The fourth-order valence-electron chi connectivity index (χ4n) is 1.92. The first-order chi connectivity index (χ1) is 10.8. The van der Waals surface area contributed by atoms with Gasteiger partial charge in [0, 0.05) is 29.9 Å². The van der Waals surface area contributed by atoms with Gasteiger partial charge < -0.3 is 15.0 Å². The standard InChI is InChI=1S/C14H13F3N2O3S/c1-22-8-2-3-9-11(6-8)19-7-10(12(9)20)13(21)18-4-5-23-14(15,16)17/h2-3,6-7H,4-5H2,1H3,(H,18,21)(H,19,20). The lowest BCUT2D eigenvalue weighted by Crippen LogP contribution is -2.30. The van der Waals surface area contributed by atoms with Gasteiger partial charge in [0.1, 0.15) is 11.3 Å². The molecule has 0 spiro atoms. The molecule has 0 radical (unpaired) electrons. The van der Waals surface area contributed by atoms with Gasteiger partial charge in [-0.15, -0.1) is 0 Å². The Labute approximate surface area is 133 Å². The fourth-order valence-corrected chi connectivity index (χ4v) is 2.36. The van der Waals surface area contributed by atoms with E-state index in [4.69, 9.17) is 4.74 Å². The summed E-state index contributed by atoms with van der Waals surface area (Å²) >= 11 is -0.233. The van der Waals surface area contributed by atoms with Crippen LogP contribution in [-0.2, 0) is 0 Å². The average Bonchev–Trinajstić information content (AvgIpc) is 2.50. The molecule has 2 rings (SSSR count). The Balaban J connectivity index is 2.12. The topological polar surface area (TPSA) is 71.2 Å². The van der Waals surface area contributed by atoms with E-state index in [-0.39, 0.29) is 29.6 Å². The number of nitrogens with one attached hydrogen (secondary N) is 2. The Morgan fingerprint density at radius 2 is 2.13 bits per heavy atom. The van der Waals surface area contributed by atoms with Gasteiger partial charge in [0.15, 0.2) is 0 Å². The second-order valence-electron chi connectivity index (χ2n) is 4.49. The number of H-pyrrole nitrogens is 1. The van der Waals surface area contributed by atoms with E-state index in [1.807, 2.05) is 0 Å². The number of amides is 1. The highest BCUT2D eigenvalue weighted by Crippen LogP contribution is 2.29. The number of alkyl halides is 3. The Kier molecular flexibility index (Phi) is 5.19. The number of benzene rings is 1. The molecule has 0 fully saturated rings. The third-order valence-electron chi connectivity index (χ3n) is 2.99. The lowest BCUT2D eigenvalue weighted by molar-refractivity contribution is -0.0327. The molecule has 0 aliphatic carbocycles. The van der Waals surface area contributed by atoms with E-state index >= 15 is 0 Å². The van der Waals surface area contributed by atoms with Crippen LogP contribution in [0, 0.1) is 0 Å². The van der Waals surface area contributed by atoms with E-state index in [1.165, 1.54) is 19.4 Å². The molecule has 0 saturated carbocycles. The smallest absolute Gasteiger partial charge is 0.441 e. The molecule has 1 aromatic carbocycles. The normalized spacial score (nSPS) is 11.5. The molecule has 0 bridgehead atoms. The Hall–Kier alpha value is -2.16. The summed E-state index contributed by atoms with van der Waals surface area (Å²) in [5, 5.41) is 2.59. The van der Waals surface area contributed by atoms with Crippen molar-refractivity contribution in [1.29, 1.82) is 0 Å². The summed E-state index contributed by atoms with van der Waals surface area (Å²) in [6.45, 7) is -0.191. The number of aromatic nitrogens is 1. The van der Waals surface area contributed by atoms with Gasteiger partial charge in [-0.1, -0.05) is 0 Å². The molecule has 2 aromatic rings. The number of pyridine rings is 1. The number of thioether (sulfide) groups is 1. The van der Waals surface area contributed by atoms with Crippen LogP contribution in [0.3, 0.4) is 0 Å². The van der Waals surface area contributed by atoms with Crippen LogP contribution in [0.2, 0.25) is 0 Å². The Morgan fingerprint density at radius 1 is 1.39 bits per heavy atom. The zero-order valence-corrected chi connectivity index (χ0v) is 12.8. The third kappa shape index (κ3) is 4.41. The van der Waals surface area contributed by atoms with Crippen LogP contribution in [0.15, 0.2) is 29.2 Å². The number of methoxy groups -OCH3 is 1. The van der Waals surface area contributed by atoms with Crippen LogP contribution in [0.25, 0.3) is 10.9 Å². The number of halogens is 3. The Bertz CT molecular complexity index is 774. The van der Waals surface area contributed by atoms with Gasteiger partial charge in [0.2, 0.25) is 5.43 Å². The predicted molar refractivity (Wildman–Crippen MR) is 82.0 cm³/mol. The monoisotopic (exact) mass is 346 g/mol. The van der Waals surface area contributed by atoms with Gasteiger partial charge in [-0.25, -0.2) is 0 Å². The summed E-state index contributed by atoms with van der Waals surface area (Å²) in [7, 11) is 1.49. The van der Waals surface area contributed by atoms with Crippen molar-refractivity contribution in [3.05, 3.63) is 40.2 Å². The van der Waals surface area contributed by atoms with Gasteiger partial charge in [-0.2, -0.15) is 13.2 Å². The van der Waals surface area contributed by atoms with E-state index in [0.29, 0.717) is 16.7 Å². The molecule has 23 heavy (non-hydrogen) atoms. The number of carbonyl (C=O) groups excluding carboxylic acids is 1. The number of aromatic amines is 1. The van der Waals surface area contributed by atoms with Crippen molar-refractivity contribution in [3.63, 3.8) is 0 Å². The van der Waals surface area contributed by atoms with Crippen LogP contribution in [0.1, 0.15) is 10.4 Å². The van der Waals surface area contributed by atoms with Crippen molar-refractivity contribution >= 4 is 28.6 Å². The molecule has 0 aliphatic rings. The van der Waals surface area contributed by atoms with E-state index < -0.39 is 16.8 Å². The van der Waals surface area contributed by atoms with Crippen molar-refractivity contribution < 1.29 is 22.7 Å². The fraction of sp³-hybridized carbons (Fsp3) is 0.286. The van der Waals surface area contributed by atoms with Crippen LogP contribution in [-0.4, -0.2) is 35.8 Å². The van der Waals surface area contributed by atoms with Crippen molar-refractivity contribution in [1.82, 2.24) is 10.3 Å². The SMILES string of the molecule is COc1ccc2c(=O)c(C(=O)NCCSC(F)(F)F)c[nH]c2c1. The number of carbonyl (C=O) groups is 1. The number of rotatable bonds is 5. The molecular weight excluding hydrogens is 333 g/mol. The van der Waals surface area contributed by atoms with E-state index in [1.54, 1.807) is 12.1 Å². The molecule has 1 heterocycles. The molecule has 1 amide bonds. The highest BCUT2D eigenvalue weighted by molar-refractivity contribution is 8.00. The molecule has 0 atom stereocenters. The van der Waals surface area contributed by atoms with Crippen LogP contribution in [0.5, 0.6) is 5.75 Å². The van der Waals surface area contributed by atoms with Crippen molar-refractivity contribution in [2.24, 2.45) is 0 Å². The number of ether oxygens (including phenoxy) is 1. The average molecular weight is 346 g/mol. The van der Waals surface area contributed by atoms with Gasteiger partial charge in [-0.3, -0.25) is 9.59 Å². The first-order valence-corrected chi connectivity index (χ1v) is 7.48. The summed E-state index contributed by atoms with van der Waals surface area (Å²) in [4.78, 5) is 27.0. The van der Waals surface area contributed by atoms with E-state index in [0.717, 1.165) is 0 Å². The van der Waals surface area contributed by atoms with Gasteiger partial charge >= 0.3 is 5.51 Å². The molecule has 0 aliphatic heterocycles. The lowest BCUT2D eigenvalue weighted by atomic mass is 10.1. The second kappa shape index (κ2) is 6.95. The molecule has 2 N–H and O–H groups in total. The maximum absolute atomic E-state index is 12.3. The van der Waals surface area contributed by atoms with Crippen molar-refractivity contribution in [2.45, 2.75) is 5.51 Å². The van der Waals surface area contributed by atoms with Crippen LogP contribution < -0.4 is 15.5 Å². The third-order valence-corrected chi connectivity index (χ3v) is 3.72. The molecule has 5 nitrogen and oxygen atoms in total. The summed E-state index contributed by atoms with van der Waals surface area (Å²) < 4.78 is 41.0. The van der Waals surface area contributed by atoms with E-state index in [9.17, 15) is 22.8 Å². The highest BCUT2D eigenvalue weighted by Gasteiger charge is 2.27. The molecule has 1 aromatic heterocycles. The van der Waals surface area contributed by atoms with Gasteiger partial charge in [-0.05, 0) is 23.9 Å². The minimum Gasteiger partial charge on any atom is -0.497 e. The minimum absolute atomic E-state index is 0.153. The summed E-state index contributed by atoms with van der Waals surface area (Å²) in [5.41, 5.74) is -4.50. The van der Waals surface area contributed by atoms with Crippen molar-refractivity contribution in [2.75, 3.05) is 19.4 Å². The number of hydrogen-bond acceptors (Lipinski definition) is 4. The zero-order chi connectivity index (χ0) is 17.0. The van der Waals surface area contributed by atoms with E-state index in [2.05, 4.69) is 10.3 Å². The van der Waals surface area contributed by atoms with Crippen LogP contribution in [0.4, 0.5) is 13.2 Å². The van der Waals surface area contributed by atoms with Gasteiger partial charge in [0.05, 0.1) is 12.6 Å². The second-order valence-corrected chi connectivity index (χ2v) is 5.65. The molecule has 124 valence electrons. The largest absolute Gasteiger partial charge is 0.497 e. The summed E-state index contributed by atoms with van der Waals surface area (Å²) in [5.74, 6) is -0.487. The highest BCUT2D eigenvalue weighted by atomic mass is 32.2. The molecule has 9 heteroatoms. The summed E-state index contributed by atoms with van der Waals surface area (Å²) in [6, 6.07) is 4.71. The van der Waals surface area contributed by atoms with Gasteiger partial charge in [0.25, 0.3) is 5.91 Å². The number of fused-ring (bicyclic) bond motifs is 1. The van der Waals surface area contributed by atoms with Crippen molar-refractivity contribution in [3.8, 4) is 5.75 Å². The molecule has 0 saturated heterocycles. The Morgan fingerprint density at radius 3 is 2.78 bits per heavy atom. The first kappa shape index (κ1) is 17.2. The number of hydrogen-bond donors (Lipinski definition) is 2. The maximum Gasteiger partial charge on any atom is 0.441 e. The quantitative estimate of drug-likeness (QED) is 0.816. The molecule has 0 unspecified atom stereocenters. The maximum atomic E-state index is 12.3. The first-order valence-electron chi connectivity index (χ1n) is 6.50. The predicted octanol–water partition coefficient (Wildman–Crippen LogP) is 2.52. The lowest BCUT2D eigenvalue weighted by Gasteiger charge is -2.08. The minimum atomic E-state index is -4.34. The zero-order valence-electron chi connectivity index (χ0n) is 12.0. The molecular formula is C14H13F3N2O3S. The van der Waals surface area contributed by atoms with Crippen LogP contribution >= 0.6 is 11.8 Å².